The fraction of sp³-hybridized carbons (Fsp3) is 0.400. The Morgan fingerprint density at radius 2 is 1.55 bits per heavy atom. The second-order valence-corrected chi connectivity index (χ2v) is 14.4. The number of ether oxygens (including phenoxy) is 3. The fourth-order valence-corrected chi connectivity index (χ4v) is 3.66. The highest BCUT2D eigenvalue weighted by atomic mass is 35.5. The zero-order chi connectivity index (χ0) is 25.0. The van der Waals surface area contributed by atoms with Gasteiger partial charge in [-0.2, -0.15) is 0 Å². The summed E-state index contributed by atoms with van der Waals surface area (Å²) >= 11 is 6.19. The molecule has 0 N–H and O–H groups in total. The predicted molar refractivity (Wildman–Crippen MR) is 134 cm³/mol. The molecule has 0 bridgehead atoms. The highest BCUT2D eigenvalue weighted by Crippen LogP contribution is 2.34. The van der Waals surface area contributed by atoms with Crippen molar-refractivity contribution >= 4 is 39.5 Å². The van der Waals surface area contributed by atoms with Gasteiger partial charge in [0.2, 0.25) is 0 Å². The standard InChI is InChI=1S/C25H31ClO6S/c1-25(2,3)32-24(29)21-14-16(22(27)31-12-13-33(5,6)7)8-10-18(21)20-15-17(26)9-11-19(20)23(28)30-4/h8-11,14-15H,12-13H2,1-7H3. The van der Waals surface area contributed by atoms with Gasteiger partial charge in [0.25, 0.3) is 0 Å². The van der Waals surface area contributed by atoms with Crippen LogP contribution in [0.3, 0.4) is 0 Å². The van der Waals surface area contributed by atoms with Crippen LogP contribution in [0.5, 0.6) is 0 Å². The van der Waals surface area contributed by atoms with Crippen molar-refractivity contribution in [2.24, 2.45) is 0 Å². The molecule has 0 atom stereocenters. The van der Waals surface area contributed by atoms with Gasteiger partial charge in [-0.1, -0.05) is 17.7 Å². The summed E-state index contributed by atoms with van der Waals surface area (Å²) in [7, 11) is 0.458. The monoisotopic (exact) mass is 494 g/mol. The number of esters is 3. The maximum Gasteiger partial charge on any atom is 0.339 e. The number of carbonyl (C=O) groups excluding carboxylic acids is 3. The minimum Gasteiger partial charge on any atom is -0.465 e. The third-order valence-corrected chi connectivity index (χ3v) is 6.11. The van der Waals surface area contributed by atoms with Crippen molar-refractivity contribution < 1.29 is 28.6 Å². The van der Waals surface area contributed by atoms with E-state index in [1.165, 1.54) is 19.2 Å². The number of hydrogen-bond donors (Lipinski definition) is 0. The van der Waals surface area contributed by atoms with E-state index in [0.717, 1.165) is 5.75 Å². The van der Waals surface area contributed by atoms with E-state index in [-0.39, 0.29) is 16.7 Å². The molecule has 33 heavy (non-hydrogen) atoms. The molecule has 0 heterocycles. The first-order valence-electron chi connectivity index (χ1n) is 10.3. The second kappa shape index (κ2) is 10.6. The van der Waals surface area contributed by atoms with E-state index in [2.05, 4.69) is 18.8 Å². The molecule has 180 valence electrons. The quantitative estimate of drug-likeness (QED) is 0.368. The summed E-state index contributed by atoms with van der Waals surface area (Å²) in [5.41, 5.74) is 0.586. The predicted octanol–water partition coefficient (Wildman–Crippen LogP) is 5.60. The van der Waals surface area contributed by atoms with Crippen LogP contribution < -0.4 is 0 Å². The van der Waals surface area contributed by atoms with Crippen molar-refractivity contribution in [3.63, 3.8) is 0 Å². The Morgan fingerprint density at radius 3 is 2.12 bits per heavy atom. The Balaban J connectivity index is 2.56. The highest BCUT2D eigenvalue weighted by Gasteiger charge is 2.25. The summed E-state index contributed by atoms with van der Waals surface area (Å²) < 4.78 is 15.9. The Kier molecular flexibility index (Phi) is 8.60. The molecule has 0 unspecified atom stereocenters. The van der Waals surface area contributed by atoms with Crippen molar-refractivity contribution in [1.82, 2.24) is 0 Å². The zero-order valence-corrected chi connectivity index (χ0v) is 21.7. The van der Waals surface area contributed by atoms with Gasteiger partial charge in [0.15, 0.2) is 0 Å². The molecule has 2 aromatic carbocycles. The van der Waals surface area contributed by atoms with E-state index >= 15 is 0 Å². The van der Waals surface area contributed by atoms with Gasteiger partial charge in [-0.25, -0.2) is 24.4 Å². The van der Waals surface area contributed by atoms with E-state index in [4.69, 9.17) is 25.8 Å². The van der Waals surface area contributed by atoms with Crippen molar-refractivity contribution in [2.45, 2.75) is 26.4 Å². The molecule has 0 spiro atoms. The van der Waals surface area contributed by atoms with E-state index in [1.807, 2.05) is 0 Å². The van der Waals surface area contributed by atoms with E-state index in [0.29, 0.717) is 22.8 Å². The smallest absolute Gasteiger partial charge is 0.339 e. The maximum absolute atomic E-state index is 13.1. The number of methoxy groups -OCH3 is 1. The van der Waals surface area contributed by atoms with Gasteiger partial charge in [0.1, 0.15) is 5.60 Å². The lowest BCUT2D eigenvalue weighted by molar-refractivity contribution is 0.00701. The Morgan fingerprint density at radius 1 is 0.879 bits per heavy atom. The third-order valence-electron chi connectivity index (χ3n) is 4.48. The van der Waals surface area contributed by atoms with Crippen LogP contribution in [0.1, 0.15) is 51.8 Å². The molecular formula is C25H31ClO6S. The van der Waals surface area contributed by atoms with Crippen molar-refractivity contribution in [3.8, 4) is 11.1 Å². The van der Waals surface area contributed by atoms with Crippen LogP contribution in [0.25, 0.3) is 11.1 Å². The summed E-state index contributed by atoms with van der Waals surface area (Å²) in [4.78, 5) is 38.1. The van der Waals surface area contributed by atoms with Crippen LogP contribution in [0.15, 0.2) is 36.4 Å². The minimum absolute atomic E-state index is 0.119. The van der Waals surface area contributed by atoms with Crippen LogP contribution >= 0.6 is 21.6 Å². The second-order valence-electron chi connectivity index (χ2n) is 9.37. The number of hydrogen-bond acceptors (Lipinski definition) is 6. The first-order valence-corrected chi connectivity index (χ1v) is 13.7. The number of carbonyl (C=O) groups is 3. The van der Waals surface area contributed by atoms with Crippen LogP contribution in [-0.4, -0.2) is 61.7 Å². The molecule has 0 aliphatic rings. The molecule has 0 aliphatic carbocycles. The number of benzene rings is 2. The Bertz CT molecular complexity index is 1050. The van der Waals surface area contributed by atoms with Crippen molar-refractivity contribution in [3.05, 3.63) is 58.1 Å². The van der Waals surface area contributed by atoms with E-state index < -0.39 is 33.5 Å². The molecule has 2 rings (SSSR count). The van der Waals surface area contributed by atoms with Crippen LogP contribution in [0, 0.1) is 0 Å². The lowest BCUT2D eigenvalue weighted by Gasteiger charge is -2.24. The molecule has 0 saturated heterocycles. The summed E-state index contributed by atoms with van der Waals surface area (Å²) in [6.45, 7) is 5.53. The van der Waals surface area contributed by atoms with Gasteiger partial charge in [0, 0.05) is 10.8 Å². The normalized spacial score (nSPS) is 12.1. The molecule has 2 aromatic rings. The molecule has 0 amide bonds. The first-order chi connectivity index (χ1) is 15.2. The summed E-state index contributed by atoms with van der Waals surface area (Å²) in [6.07, 6.45) is 6.42. The fourth-order valence-electron chi connectivity index (χ4n) is 2.90. The van der Waals surface area contributed by atoms with Crippen LogP contribution in [-0.2, 0) is 14.2 Å². The molecule has 0 saturated carbocycles. The number of halogens is 1. The largest absolute Gasteiger partial charge is 0.465 e. The topological polar surface area (TPSA) is 78.9 Å². The maximum atomic E-state index is 13.1. The lowest BCUT2D eigenvalue weighted by Crippen LogP contribution is -2.24. The van der Waals surface area contributed by atoms with Crippen LogP contribution in [0.4, 0.5) is 0 Å². The van der Waals surface area contributed by atoms with Crippen LogP contribution in [0.2, 0.25) is 5.02 Å². The Hall–Kier alpha value is -2.51. The Labute approximate surface area is 201 Å². The van der Waals surface area contributed by atoms with Crippen molar-refractivity contribution in [2.75, 3.05) is 38.2 Å². The summed E-state index contributed by atoms with van der Waals surface area (Å²) in [6, 6.07) is 9.23. The highest BCUT2D eigenvalue weighted by molar-refractivity contribution is 8.32. The molecule has 8 heteroatoms. The zero-order valence-electron chi connectivity index (χ0n) is 20.1. The average Bonchev–Trinajstić information content (AvgIpc) is 2.70. The minimum atomic E-state index is -0.814. The summed E-state index contributed by atoms with van der Waals surface area (Å²) in [5, 5.41) is 0.376. The molecule has 0 aliphatic heterocycles. The van der Waals surface area contributed by atoms with Gasteiger partial charge >= 0.3 is 17.9 Å². The molecule has 0 aromatic heterocycles. The molecule has 0 fully saturated rings. The van der Waals surface area contributed by atoms with Gasteiger partial charge in [0.05, 0.1) is 30.4 Å². The molecule has 0 radical (unpaired) electrons. The molecular weight excluding hydrogens is 464 g/mol. The van der Waals surface area contributed by atoms with Gasteiger partial charge in [-0.05, 0) is 81.0 Å². The number of rotatable bonds is 7. The van der Waals surface area contributed by atoms with Crippen molar-refractivity contribution in [1.29, 1.82) is 0 Å². The summed E-state index contributed by atoms with van der Waals surface area (Å²) in [5.74, 6) is -0.970. The first kappa shape index (κ1) is 26.7. The van der Waals surface area contributed by atoms with E-state index in [9.17, 15) is 14.4 Å². The van der Waals surface area contributed by atoms with Gasteiger partial charge < -0.3 is 14.2 Å². The lowest BCUT2D eigenvalue weighted by atomic mass is 9.93. The van der Waals surface area contributed by atoms with Gasteiger partial charge in [-0.3, -0.25) is 0 Å². The SMILES string of the molecule is COC(=O)c1ccc(Cl)cc1-c1ccc(C(=O)OCCS(C)(C)C)cc1C(=O)OC(C)(C)C. The molecule has 6 nitrogen and oxygen atoms in total. The average molecular weight is 495 g/mol. The third kappa shape index (κ3) is 7.79. The van der Waals surface area contributed by atoms with Gasteiger partial charge in [-0.15, -0.1) is 0 Å². The van der Waals surface area contributed by atoms with E-state index in [1.54, 1.807) is 45.0 Å².